The van der Waals surface area contributed by atoms with Gasteiger partial charge in [0.2, 0.25) is 0 Å². The Labute approximate surface area is 299 Å². The SMILES string of the molecule is C.C.COC(=O)c1ccc(Cc2cn(C)c3ccc([N+](=O)[O-])cc23)c(OC)c1.COc1cc(C(=O)O)ccc1Cc1c[nH]c2ccc([N+](=O)[O-])cc12. The van der Waals surface area contributed by atoms with Crippen LogP contribution in [0.2, 0.25) is 0 Å². The molecular weight excluding hydrogens is 672 g/mol. The third-order valence-electron chi connectivity index (χ3n) is 8.23. The average Bonchev–Trinajstić information content (AvgIpc) is 3.66. The van der Waals surface area contributed by atoms with Gasteiger partial charge in [-0.2, -0.15) is 0 Å². The standard InChI is InChI=1S/C19H18N2O5.C17H14N2O5.2CH4/c1-20-11-14(16-10-15(21(23)24)6-7-17(16)20)8-12-4-5-13(19(22)26-3)9-18(12)25-2;1-24-16-7-11(17(20)21)3-2-10(16)6-12-9-18-15-5-4-13(19(22)23)8-14(12)15;;/h4-7,9-11H,8H2,1-3H3;2-5,7-9,18H,6H2,1H3,(H,20,21);2*1H4. The van der Waals surface area contributed by atoms with Gasteiger partial charge in [0.05, 0.1) is 42.3 Å². The monoisotopic (exact) mass is 712 g/mol. The molecule has 0 saturated carbocycles. The molecule has 2 N–H and O–H groups in total. The molecule has 0 spiro atoms. The first-order valence-corrected chi connectivity index (χ1v) is 15.1. The van der Waals surface area contributed by atoms with E-state index in [1.165, 1.54) is 51.7 Å². The summed E-state index contributed by atoms with van der Waals surface area (Å²) in [6.07, 6.45) is 4.72. The second-order valence-electron chi connectivity index (χ2n) is 11.2. The summed E-state index contributed by atoms with van der Waals surface area (Å²) >= 11 is 0. The summed E-state index contributed by atoms with van der Waals surface area (Å²) in [5, 5.41) is 32.7. The number of hydrogen-bond acceptors (Lipinski definition) is 9. The molecule has 2 heterocycles. The Morgan fingerprint density at radius 3 is 1.83 bits per heavy atom. The lowest BCUT2D eigenvalue weighted by atomic mass is 10.0. The number of hydrogen-bond donors (Lipinski definition) is 2. The predicted octanol–water partition coefficient (Wildman–Crippen LogP) is 8.12. The molecule has 272 valence electrons. The van der Waals surface area contributed by atoms with E-state index in [2.05, 4.69) is 4.98 Å². The summed E-state index contributed by atoms with van der Waals surface area (Å²) < 4.78 is 17.4. The van der Waals surface area contributed by atoms with Gasteiger partial charge in [-0.15, -0.1) is 0 Å². The van der Waals surface area contributed by atoms with Gasteiger partial charge < -0.3 is 28.9 Å². The van der Waals surface area contributed by atoms with Gasteiger partial charge in [0, 0.05) is 78.4 Å². The van der Waals surface area contributed by atoms with Crippen LogP contribution in [-0.4, -0.2) is 57.8 Å². The number of methoxy groups -OCH3 is 3. The van der Waals surface area contributed by atoms with E-state index in [1.54, 1.807) is 48.7 Å². The minimum Gasteiger partial charge on any atom is -0.496 e. The van der Waals surface area contributed by atoms with Gasteiger partial charge >= 0.3 is 11.9 Å². The number of nitrogens with one attached hydrogen (secondary N) is 1. The zero-order valence-electron chi connectivity index (χ0n) is 27.5. The molecule has 4 aromatic carbocycles. The van der Waals surface area contributed by atoms with Crippen LogP contribution in [0.15, 0.2) is 85.2 Å². The summed E-state index contributed by atoms with van der Waals surface area (Å²) in [5.74, 6) is -0.428. The molecule has 6 rings (SSSR count). The molecule has 0 radical (unpaired) electrons. The first-order chi connectivity index (χ1) is 23.9. The number of ether oxygens (including phenoxy) is 3. The van der Waals surface area contributed by atoms with E-state index >= 15 is 0 Å². The highest BCUT2D eigenvalue weighted by molar-refractivity contribution is 5.91. The number of benzene rings is 4. The fourth-order valence-corrected chi connectivity index (χ4v) is 5.71. The van der Waals surface area contributed by atoms with Gasteiger partial charge in [-0.05, 0) is 58.7 Å². The molecule has 6 aromatic rings. The summed E-state index contributed by atoms with van der Waals surface area (Å²) in [7, 11) is 6.24. The maximum absolute atomic E-state index is 11.7. The number of H-pyrrole nitrogens is 1. The van der Waals surface area contributed by atoms with Gasteiger partial charge in [0.25, 0.3) is 11.4 Å². The number of aromatic carboxylic acids is 1. The van der Waals surface area contributed by atoms with Crippen molar-refractivity contribution in [3.05, 3.63) is 139 Å². The predicted molar refractivity (Wildman–Crippen MR) is 198 cm³/mol. The summed E-state index contributed by atoms with van der Waals surface area (Å²) in [6.45, 7) is 0. The Hall–Kier alpha value is -6.70. The molecule has 14 nitrogen and oxygen atoms in total. The molecule has 0 saturated heterocycles. The van der Waals surface area contributed by atoms with Crippen molar-refractivity contribution in [1.29, 1.82) is 0 Å². The largest absolute Gasteiger partial charge is 0.496 e. The Bertz CT molecular complexity index is 2270. The minimum atomic E-state index is -1.03. The van der Waals surface area contributed by atoms with Crippen molar-refractivity contribution in [2.24, 2.45) is 7.05 Å². The fourth-order valence-electron chi connectivity index (χ4n) is 5.71. The van der Waals surface area contributed by atoms with Crippen LogP contribution in [0.3, 0.4) is 0 Å². The lowest BCUT2D eigenvalue weighted by Crippen LogP contribution is -2.03. The highest BCUT2D eigenvalue weighted by Gasteiger charge is 2.17. The smallest absolute Gasteiger partial charge is 0.337 e. The molecule has 0 atom stereocenters. The minimum absolute atomic E-state index is 0. The van der Waals surface area contributed by atoms with Gasteiger partial charge in [-0.3, -0.25) is 20.2 Å². The van der Waals surface area contributed by atoms with E-state index in [0.29, 0.717) is 29.9 Å². The maximum atomic E-state index is 11.7. The number of fused-ring (bicyclic) bond motifs is 2. The van der Waals surface area contributed by atoms with Crippen molar-refractivity contribution in [2.45, 2.75) is 27.7 Å². The number of aromatic nitrogens is 2. The number of esters is 1. The maximum Gasteiger partial charge on any atom is 0.337 e. The fraction of sp³-hybridized carbons (Fsp3) is 0.211. The van der Waals surface area contributed by atoms with Crippen LogP contribution in [0.4, 0.5) is 11.4 Å². The third-order valence-corrected chi connectivity index (χ3v) is 8.23. The van der Waals surface area contributed by atoms with Crippen molar-refractivity contribution in [2.75, 3.05) is 21.3 Å². The Balaban J connectivity index is 0.000000271. The van der Waals surface area contributed by atoms with E-state index in [0.717, 1.165) is 44.1 Å². The second kappa shape index (κ2) is 16.8. The second-order valence-corrected chi connectivity index (χ2v) is 11.2. The van der Waals surface area contributed by atoms with Gasteiger partial charge in [0.1, 0.15) is 11.5 Å². The van der Waals surface area contributed by atoms with E-state index in [1.807, 2.05) is 17.8 Å². The third kappa shape index (κ3) is 8.35. The van der Waals surface area contributed by atoms with Crippen LogP contribution in [0.1, 0.15) is 57.8 Å². The van der Waals surface area contributed by atoms with E-state index in [9.17, 15) is 29.8 Å². The van der Waals surface area contributed by atoms with Crippen LogP contribution >= 0.6 is 0 Å². The van der Waals surface area contributed by atoms with Crippen LogP contribution in [0.5, 0.6) is 11.5 Å². The lowest BCUT2D eigenvalue weighted by Gasteiger charge is -2.10. The van der Waals surface area contributed by atoms with E-state index in [-0.39, 0.29) is 31.8 Å². The summed E-state index contributed by atoms with van der Waals surface area (Å²) in [6, 6.07) is 19.3. The molecule has 14 heteroatoms. The zero-order chi connectivity index (χ0) is 36.1. The lowest BCUT2D eigenvalue weighted by molar-refractivity contribution is -0.384. The molecular formula is C38H40N4O10. The number of nitro benzene ring substituents is 2. The molecule has 0 amide bonds. The highest BCUT2D eigenvalue weighted by atomic mass is 16.6. The van der Waals surface area contributed by atoms with Crippen molar-refractivity contribution in [1.82, 2.24) is 9.55 Å². The zero-order valence-corrected chi connectivity index (χ0v) is 27.5. The summed E-state index contributed by atoms with van der Waals surface area (Å²) in [4.78, 5) is 47.0. The topological polar surface area (TPSA) is 189 Å². The number of nitrogens with zero attached hydrogens (tertiary/aromatic N) is 3. The van der Waals surface area contributed by atoms with Crippen molar-refractivity contribution in [3.63, 3.8) is 0 Å². The van der Waals surface area contributed by atoms with Crippen LogP contribution in [0, 0.1) is 20.2 Å². The molecule has 0 aliphatic carbocycles. The van der Waals surface area contributed by atoms with Crippen molar-refractivity contribution in [3.8, 4) is 11.5 Å². The van der Waals surface area contributed by atoms with Gasteiger partial charge in [0.15, 0.2) is 0 Å². The molecule has 0 fully saturated rings. The van der Waals surface area contributed by atoms with Crippen LogP contribution in [-0.2, 0) is 24.6 Å². The Kier molecular flexibility index (Phi) is 12.8. The van der Waals surface area contributed by atoms with Gasteiger partial charge in [-0.1, -0.05) is 27.0 Å². The van der Waals surface area contributed by atoms with Crippen molar-refractivity contribution >= 4 is 45.1 Å². The first-order valence-electron chi connectivity index (χ1n) is 15.1. The number of carboxylic acid groups (broad SMARTS) is 1. The highest BCUT2D eigenvalue weighted by Crippen LogP contribution is 2.31. The number of carbonyl (C=O) groups is 2. The number of aryl methyl sites for hydroxylation is 1. The molecule has 0 aliphatic rings. The average molecular weight is 713 g/mol. The van der Waals surface area contributed by atoms with E-state index < -0.39 is 21.8 Å². The first kappa shape index (κ1) is 39.7. The number of rotatable bonds is 10. The van der Waals surface area contributed by atoms with Crippen LogP contribution < -0.4 is 9.47 Å². The molecule has 0 bridgehead atoms. The number of carbonyl (C=O) groups excluding carboxylic acids is 1. The molecule has 52 heavy (non-hydrogen) atoms. The van der Waals surface area contributed by atoms with Gasteiger partial charge in [-0.25, -0.2) is 9.59 Å². The molecule has 2 aromatic heterocycles. The molecule has 0 aliphatic heterocycles. The summed E-state index contributed by atoms with van der Waals surface area (Å²) in [5.41, 5.74) is 5.83. The Morgan fingerprint density at radius 2 is 1.27 bits per heavy atom. The Morgan fingerprint density at radius 1 is 0.731 bits per heavy atom. The number of aromatic amines is 1. The normalized spacial score (nSPS) is 10.3. The quantitative estimate of drug-likeness (QED) is 0.0797. The van der Waals surface area contributed by atoms with Crippen molar-refractivity contribution < 1.29 is 38.8 Å². The van der Waals surface area contributed by atoms with Crippen LogP contribution in [0.25, 0.3) is 21.8 Å². The number of nitro groups is 2. The van der Waals surface area contributed by atoms with E-state index in [4.69, 9.17) is 19.3 Å². The molecule has 0 unspecified atom stereocenters. The number of non-ortho nitro benzene ring substituents is 2. The number of carboxylic acids is 1.